The van der Waals surface area contributed by atoms with Crippen LogP contribution >= 0.6 is 0 Å². The molecule has 3 fully saturated rings. The lowest BCUT2D eigenvalue weighted by atomic mass is 9.63. The maximum absolute atomic E-state index is 13.2. The zero-order valence-electron chi connectivity index (χ0n) is 15.7. The number of para-hydroxylation sites is 1. The molecule has 4 aliphatic carbocycles. The SMILES string of the molecule is O=C(Nc1ccccc1)c1cccc(N2C(=O)[C@H]3[C@@H]4C=C[C@H]([C@H]5C[C@H]45)[C@@H]3C2=O)c1. The zero-order chi connectivity index (χ0) is 19.7. The predicted molar refractivity (Wildman–Crippen MR) is 108 cm³/mol. The summed E-state index contributed by atoms with van der Waals surface area (Å²) in [6.45, 7) is 0. The Bertz CT molecular complexity index is 1040. The number of rotatable bonds is 3. The first-order chi connectivity index (χ1) is 14.1. The Morgan fingerprint density at radius 2 is 1.52 bits per heavy atom. The standard InChI is InChI=1S/C24H20N2O3/c27-22(25-14-6-2-1-3-7-14)13-5-4-8-15(11-13)26-23(28)20-16-9-10-17(19-12-18(16)19)21(20)24(26)29/h1-11,16-21H,12H2,(H,25,27)/t16-,17-,18-,19-,20+,21+/m1/s1. The van der Waals surface area contributed by atoms with Crippen molar-refractivity contribution in [2.75, 3.05) is 10.2 Å². The molecule has 5 heteroatoms. The van der Waals surface area contributed by atoms with Gasteiger partial charge in [-0.05, 0) is 60.4 Å². The third-order valence-corrected chi connectivity index (χ3v) is 7.06. The number of benzene rings is 2. The van der Waals surface area contributed by atoms with Crippen molar-refractivity contribution in [3.05, 3.63) is 72.3 Å². The molecule has 5 nitrogen and oxygen atoms in total. The van der Waals surface area contributed by atoms with E-state index < -0.39 is 0 Å². The summed E-state index contributed by atoms with van der Waals surface area (Å²) in [7, 11) is 0. The highest BCUT2D eigenvalue weighted by atomic mass is 16.2. The number of imide groups is 1. The van der Waals surface area contributed by atoms with E-state index in [0.29, 0.717) is 28.8 Å². The molecule has 144 valence electrons. The number of carbonyl (C=O) groups is 3. The van der Waals surface area contributed by atoms with Gasteiger partial charge in [0.2, 0.25) is 11.8 Å². The first-order valence-corrected chi connectivity index (χ1v) is 10.2. The Morgan fingerprint density at radius 1 is 0.862 bits per heavy atom. The van der Waals surface area contributed by atoms with Gasteiger partial charge in [-0.2, -0.15) is 0 Å². The zero-order valence-corrected chi connectivity index (χ0v) is 15.7. The van der Waals surface area contributed by atoms with Gasteiger partial charge in [0.1, 0.15) is 0 Å². The van der Waals surface area contributed by atoms with Gasteiger partial charge in [0.25, 0.3) is 5.91 Å². The molecule has 1 N–H and O–H groups in total. The molecule has 1 aliphatic heterocycles. The van der Waals surface area contributed by atoms with Crippen LogP contribution in [0.3, 0.4) is 0 Å². The number of hydrogen-bond donors (Lipinski definition) is 1. The minimum atomic E-state index is -0.266. The fraction of sp³-hybridized carbons (Fsp3) is 0.292. The summed E-state index contributed by atoms with van der Waals surface area (Å²) in [5.74, 6) is 0.596. The molecule has 2 aromatic rings. The highest BCUT2D eigenvalue weighted by Crippen LogP contribution is 2.65. The van der Waals surface area contributed by atoms with E-state index in [4.69, 9.17) is 0 Å². The quantitative estimate of drug-likeness (QED) is 0.651. The molecule has 6 atom stereocenters. The van der Waals surface area contributed by atoms with Gasteiger partial charge in [0, 0.05) is 11.3 Å². The fourth-order valence-corrected chi connectivity index (χ4v) is 5.72. The summed E-state index contributed by atoms with van der Waals surface area (Å²) in [5.41, 5.74) is 1.61. The molecule has 0 aromatic heterocycles. The largest absolute Gasteiger partial charge is 0.322 e. The molecule has 3 amide bonds. The van der Waals surface area contributed by atoms with E-state index in [9.17, 15) is 14.4 Å². The number of anilines is 2. The van der Waals surface area contributed by atoms with Crippen LogP contribution in [-0.2, 0) is 9.59 Å². The van der Waals surface area contributed by atoms with Gasteiger partial charge in [0.15, 0.2) is 0 Å². The summed E-state index contributed by atoms with van der Waals surface area (Å²) in [6, 6.07) is 16.0. The molecule has 0 radical (unpaired) electrons. The predicted octanol–water partition coefficient (Wildman–Crippen LogP) is 3.50. The maximum atomic E-state index is 13.2. The third-order valence-electron chi connectivity index (χ3n) is 7.06. The number of allylic oxidation sites excluding steroid dienone is 2. The number of nitrogens with zero attached hydrogens (tertiary/aromatic N) is 1. The number of nitrogens with one attached hydrogen (secondary N) is 1. The third kappa shape index (κ3) is 2.36. The van der Waals surface area contributed by atoms with E-state index in [-0.39, 0.29) is 41.4 Å². The molecule has 2 bridgehead atoms. The van der Waals surface area contributed by atoms with Crippen molar-refractivity contribution in [1.82, 2.24) is 0 Å². The van der Waals surface area contributed by atoms with Gasteiger partial charge < -0.3 is 5.32 Å². The molecule has 1 saturated heterocycles. The summed E-state index contributed by atoms with van der Waals surface area (Å²) in [5, 5.41) is 2.85. The molecule has 0 unspecified atom stereocenters. The highest BCUT2D eigenvalue weighted by molar-refractivity contribution is 6.23. The average Bonchev–Trinajstić information content (AvgIpc) is 3.52. The van der Waals surface area contributed by atoms with Gasteiger partial charge >= 0.3 is 0 Å². The second-order valence-corrected chi connectivity index (χ2v) is 8.54. The Morgan fingerprint density at radius 3 is 2.17 bits per heavy atom. The first kappa shape index (κ1) is 16.7. The maximum Gasteiger partial charge on any atom is 0.255 e. The Kier molecular flexibility index (Phi) is 3.40. The van der Waals surface area contributed by atoms with Crippen molar-refractivity contribution in [2.24, 2.45) is 35.5 Å². The van der Waals surface area contributed by atoms with Crippen LogP contribution < -0.4 is 10.2 Å². The number of hydrogen-bond acceptors (Lipinski definition) is 3. The molecule has 29 heavy (non-hydrogen) atoms. The van der Waals surface area contributed by atoms with Crippen molar-refractivity contribution in [2.45, 2.75) is 6.42 Å². The van der Waals surface area contributed by atoms with E-state index in [1.807, 2.05) is 30.3 Å². The van der Waals surface area contributed by atoms with Gasteiger partial charge in [0.05, 0.1) is 17.5 Å². The summed E-state index contributed by atoms with van der Waals surface area (Å²) < 4.78 is 0. The fourth-order valence-electron chi connectivity index (χ4n) is 5.72. The molecule has 2 aromatic carbocycles. The second kappa shape index (κ2) is 5.89. The van der Waals surface area contributed by atoms with Crippen molar-refractivity contribution < 1.29 is 14.4 Å². The lowest BCUT2D eigenvalue weighted by Gasteiger charge is -2.37. The minimum Gasteiger partial charge on any atom is -0.322 e. The van der Waals surface area contributed by atoms with Crippen molar-refractivity contribution in [3.8, 4) is 0 Å². The van der Waals surface area contributed by atoms with Crippen molar-refractivity contribution >= 4 is 29.1 Å². The van der Waals surface area contributed by atoms with Crippen LogP contribution in [0.1, 0.15) is 16.8 Å². The van der Waals surface area contributed by atoms with Gasteiger partial charge in [-0.15, -0.1) is 0 Å². The average molecular weight is 384 g/mol. The lowest BCUT2D eigenvalue weighted by Crippen LogP contribution is -2.40. The lowest BCUT2D eigenvalue weighted by molar-refractivity contribution is -0.124. The van der Waals surface area contributed by atoms with Crippen molar-refractivity contribution in [3.63, 3.8) is 0 Å². The normalized spacial score (nSPS) is 33.4. The van der Waals surface area contributed by atoms with E-state index in [1.54, 1.807) is 24.3 Å². The highest BCUT2D eigenvalue weighted by Gasteiger charge is 2.67. The Labute approximate surface area is 168 Å². The van der Waals surface area contributed by atoms with E-state index in [0.717, 1.165) is 6.42 Å². The Hall–Kier alpha value is -3.21. The van der Waals surface area contributed by atoms with Crippen LogP contribution in [0.25, 0.3) is 0 Å². The van der Waals surface area contributed by atoms with Gasteiger partial charge in [-0.25, -0.2) is 4.90 Å². The van der Waals surface area contributed by atoms with Crippen LogP contribution in [-0.4, -0.2) is 17.7 Å². The Balaban J connectivity index is 1.30. The first-order valence-electron chi connectivity index (χ1n) is 10.2. The number of carbonyl (C=O) groups excluding carboxylic acids is 3. The van der Waals surface area contributed by atoms with Gasteiger partial charge in [-0.1, -0.05) is 36.4 Å². The molecule has 0 spiro atoms. The smallest absolute Gasteiger partial charge is 0.255 e. The molecule has 1 heterocycles. The van der Waals surface area contributed by atoms with Crippen LogP contribution in [0.5, 0.6) is 0 Å². The van der Waals surface area contributed by atoms with Crippen LogP contribution in [0.4, 0.5) is 11.4 Å². The van der Waals surface area contributed by atoms with E-state index in [2.05, 4.69) is 17.5 Å². The molecular formula is C24H20N2O3. The molecular weight excluding hydrogens is 364 g/mol. The van der Waals surface area contributed by atoms with Crippen LogP contribution in [0, 0.1) is 35.5 Å². The monoisotopic (exact) mass is 384 g/mol. The molecule has 5 aliphatic rings. The second-order valence-electron chi connectivity index (χ2n) is 8.54. The topological polar surface area (TPSA) is 66.5 Å². The molecule has 2 saturated carbocycles. The number of amides is 3. The molecule has 7 rings (SSSR count). The summed E-state index contributed by atoms with van der Waals surface area (Å²) >= 11 is 0. The van der Waals surface area contributed by atoms with Crippen LogP contribution in [0.15, 0.2) is 66.7 Å². The van der Waals surface area contributed by atoms with Crippen LogP contribution in [0.2, 0.25) is 0 Å². The summed E-state index contributed by atoms with van der Waals surface area (Å²) in [6.07, 6.45) is 5.47. The van der Waals surface area contributed by atoms with Crippen molar-refractivity contribution in [1.29, 1.82) is 0 Å². The van der Waals surface area contributed by atoms with E-state index >= 15 is 0 Å². The van der Waals surface area contributed by atoms with E-state index in [1.165, 1.54) is 4.90 Å². The minimum absolute atomic E-state index is 0.106. The summed E-state index contributed by atoms with van der Waals surface area (Å²) in [4.78, 5) is 40.5. The van der Waals surface area contributed by atoms with Gasteiger partial charge in [-0.3, -0.25) is 14.4 Å².